The highest BCUT2D eigenvalue weighted by Gasteiger charge is 2.52. The van der Waals surface area contributed by atoms with E-state index in [1.165, 1.54) is 64.2 Å². The van der Waals surface area contributed by atoms with Gasteiger partial charge in [-0.05, 0) is 32.1 Å². The molecule has 378 valence electrons. The van der Waals surface area contributed by atoms with Crippen LogP contribution in [-0.4, -0.2) is 122 Å². The number of rotatable bonds is 37. The number of fused-ring (bicyclic) bond motifs is 2. The van der Waals surface area contributed by atoms with E-state index in [0.29, 0.717) is 25.7 Å². The first-order valence-corrected chi connectivity index (χ1v) is 26.2. The van der Waals surface area contributed by atoms with Gasteiger partial charge in [-0.1, -0.05) is 147 Å². The molecule has 3 aliphatic rings. The van der Waals surface area contributed by atoms with Gasteiger partial charge in [-0.3, -0.25) is 23.9 Å². The van der Waals surface area contributed by atoms with Crippen molar-refractivity contribution in [3.05, 3.63) is 24.3 Å². The Balaban J connectivity index is 1.43. The third-order valence-electron chi connectivity index (χ3n) is 12.7. The van der Waals surface area contributed by atoms with Crippen LogP contribution in [0.4, 0.5) is 0 Å². The van der Waals surface area contributed by atoms with Crippen molar-refractivity contribution in [2.24, 2.45) is 11.8 Å². The number of carbonyl (C=O) groups is 2. The van der Waals surface area contributed by atoms with Crippen LogP contribution in [0, 0.1) is 11.8 Å². The second-order valence-electron chi connectivity index (χ2n) is 18.2. The van der Waals surface area contributed by atoms with E-state index < -0.39 is 75.7 Å². The van der Waals surface area contributed by atoms with E-state index in [1.807, 2.05) is 18.2 Å². The number of aliphatic hydroxyl groups excluding tert-OH is 5. The minimum atomic E-state index is -5.17. The SMILES string of the molecule is CCCCCCCCCCCCCCCCCC(=O)OCC(COP(=O)(O)OC1C(O)C(O)C(O)C(O)C1O)OC(=O)CCC/C=C\CC1C2CC(OO2)C1/C=C/C(CCCCC)OO. The molecule has 65 heavy (non-hydrogen) atoms. The summed E-state index contributed by atoms with van der Waals surface area (Å²) >= 11 is 0. The van der Waals surface area contributed by atoms with Crippen LogP contribution < -0.4 is 0 Å². The summed E-state index contributed by atoms with van der Waals surface area (Å²) in [6, 6.07) is 0. The van der Waals surface area contributed by atoms with Crippen LogP contribution in [-0.2, 0) is 47.3 Å². The van der Waals surface area contributed by atoms with Gasteiger partial charge in [0.15, 0.2) is 6.10 Å². The van der Waals surface area contributed by atoms with E-state index in [0.717, 1.165) is 57.8 Å². The number of carbonyl (C=O) groups excluding carboxylic acids is 2. The van der Waals surface area contributed by atoms with Gasteiger partial charge in [0, 0.05) is 31.1 Å². The van der Waals surface area contributed by atoms with Crippen molar-refractivity contribution >= 4 is 19.8 Å². The van der Waals surface area contributed by atoms with Crippen molar-refractivity contribution < 1.29 is 83.0 Å². The third kappa shape index (κ3) is 22.0. The number of ether oxygens (including phenoxy) is 2. The van der Waals surface area contributed by atoms with E-state index in [2.05, 4.69) is 24.8 Å². The Morgan fingerprint density at radius 1 is 0.677 bits per heavy atom. The van der Waals surface area contributed by atoms with Crippen molar-refractivity contribution in [2.45, 2.75) is 235 Å². The molecule has 0 amide bonds. The number of unbranched alkanes of at least 4 members (excludes halogenated alkanes) is 17. The van der Waals surface area contributed by atoms with E-state index in [-0.39, 0.29) is 43.0 Å². The lowest BCUT2D eigenvalue weighted by atomic mass is 9.85. The lowest BCUT2D eigenvalue weighted by Gasteiger charge is -2.41. The van der Waals surface area contributed by atoms with Crippen LogP contribution in [0.1, 0.15) is 174 Å². The summed E-state index contributed by atoms with van der Waals surface area (Å²) in [7, 11) is -5.17. The molecule has 11 unspecified atom stereocenters. The van der Waals surface area contributed by atoms with Gasteiger partial charge >= 0.3 is 19.8 Å². The standard InChI is InChI=1S/C47H83O17P/c1-3-5-7-8-9-10-11-12-13-14-15-16-17-18-23-27-40(48)58-32-35(33-59-65(56,57)64-47-45(53)43(51)42(50)44(52)46(47)54)60-41(49)28-24-20-19-22-26-36-37(39-31-38(36)62-63-39)30-29-34(61-55)25-21-6-4-2/h19,22,29-30,34-39,42-47,50-55H,3-18,20-21,23-28,31-33H2,1-2H3,(H,56,57)/b22-19-,30-29+. The molecule has 7 N–H and O–H groups in total. The summed E-state index contributed by atoms with van der Waals surface area (Å²) in [6.07, 6.45) is 18.1. The molecule has 17 nitrogen and oxygen atoms in total. The van der Waals surface area contributed by atoms with Gasteiger partial charge in [-0.2, -0.15) is 0 Å². The molecule has 2 bridgehead atoms. The smallest absolute Gasteiger partial charge is 0.462 e. The van der Waals surface area contributed by atoms with Crippen molar-refractivity contribution in [3.63, 3.8) is 0 Å². The molecular weight excluding hydrogens is 867 g/mol. The van der Waals surface area contributed by atoms with E-state index in [1.54, 1.807) is 0 Å². The number of phosphoric acid groups is 1. The van der Waals surface area contributed by atoms with Gasteiger partial charge in [-0.15, -0.1) is 0 Å². The quantitative estimate of drug-likeness (QED) is 0.00796. The molecule has 2 aliphatic carbocycles. The average molecular weight is 951 g/mol. The molecular formula is C47H83O17P. The Morgan fingerprint density at radius 3 is 1.82 bits per heavy atom. The molecule has 0 aromatic carbocycles. The maximum absolute atomic E-state index is 12.9. The molecule has 1 heterocycles. The fourth-order valence-corrected chi connectivity index (χ4v) is 9.70. The molecule has 0 spiro atoms. The maximum atomic E-state index is 12.9. The van der Waals surface area contributed by atoms with Gasteiger partial charge in [0.1, 0.15) is 55.4 Å². The second kappa shape index (κ2) is 32.8. The fraction of sp³-hybridized carbons (Fsp3) is 0.872. The third-order valence-corrected chi connectivity index (χ3v) is 13.7. The number of allylic oxidation sites excluding steroid dienone is 2. The molecule has 18 heteroatoms. The summed E-state index contributed by atoms with van der Waals surface area (Å²) in [5.74, 6) is -0.955. The fourth-order valence-electron chi connectivity index (χ4n) is 8.73. The minimum absolute atomic E-state index is 0.0310. The Hall–Kier alpha value is -1.83. The van der Waals surface area contributed by atoms with E-state index in [4.69, 9.17) is 28.3 Å². The molecule has 2 saturated carbocycles. The van der Waals surface area contributed by atoms with Crippen LogP contribution in [0.25, 0.3) is 0 Å². The monoisotopic (exact) mass is 951 g/mol. The van der Waals surface area contributed by atoms with Crippen LogP contribution in [0.2, 0.25) is 0 Å². The molecule has 1 saturated heterocycles. The highest BCUT2D eigenvalue weighted by molar-refractivity contribution is 7.47. The van der Waals surface area contributed by atoms with Crippen LogP contribution in [0.3, 0.4) is 0 Å². The number of esters is 2. The van der Waals surface area contributed by atoms with Crippen LogP contribution >= 0.6 is 7.82 Å². The topological polar surface area (TPSA) is 257 Å². The first-order valence-electron chi connectivity index (χ1n) is 24.7. The van der Waals surface area contributed by atoms with Crippen molar-refractivity contribution in [2.75, 3.05) is 13.2 Å². The van der Waals surface area contributed by atoms with Gasteiger partial charge in [0.25, 0.3) is 0 Å². The molecule has 3 fully saturated rings. The first kappa shape index (κ1) is 57.5. The zero-order valence-corrected chi connectivity index (χ0v) is 39.9. The molecule has 3 rings (SSSR count). The zero-order chi connectivity index (χ0) is 47.5. The summed E-state index contributed by atoms with van der Waals surface area (Å²) in [5.41, 5.74) is 0. The normalized spacial score (nSPS) is 28.5. The summed E-state index contributed by atoms with van der Waals surface area (Å²) < 4.78 is 33.7. The summed E-state index contributed by atoms with van der Waals surface area (Å²) in [4.78, 5) is 51.7. The van der Waals surface area contributed by atoms with Crippen molar-refractivity contribution in [1.82, 2.24) is 0 Å². The number of aliphatic hydroxyl groups is 5. The highest BCUT2D eigenvalue weighted by atomic mass is 31.2. The molecule has 1 aliphatic heterocycles. The molecule has 0 aromatic rings. The van der Waals surface area contributed by atoms with Crippen LogP contribution in [0.15, 0.2) is 24.3 Å². The van der Waals surface area contributed by atoms with E-state index >= 15 is 0 Å². The van der Waals surface area contributed by atoms with Crippen molar-refractivity contribution in [1.29, 1.82) is 0 Å². The number of hydrogen-bond acceptors (Lipinski definition) is 16. The number of hydrogen-bond donors (Lipinski definition) is 7. The summed E-state index contributed by atoms with van der Waals surface area (Å²) in [6.45, 7) is 3.08. The zero-order valence-electron chi connectivity index (χ0n) is 39.0. The summed E-state index contributed by atoms with van der Waals surface area (Å²) in [5, 5.41) is 59.7. The first-order chi connectivity index (χ1) is 31.3. The lowest BCUT2D eigenvalue weighted by molar-refractivity contribution is -0.336. The highest BCUT2D eigenvalue weighted by Crippen LogP contribution is 2.47. The Bertz CT molecular complexity index is 1380. The predicted molar refractivity (Wildman–Crippen MR) is 241 cm³/mol. The second-order valence-corrected chi connectivity index (χ2v) is 19.6. The lowest BCUT2D eigenvalue weighted by Crippen LogP contribution is -2.64. The number of phosphoric ester groups is 1. The van der Waals surface area contributed by atoms with Gasteiger partial charge in [-0.25, -0.2) is 19.2 Å². The largest absolute Gasteiger partial charge is 0.472 e. The Kier molecular flexibility index (Phi) is 29.0. The maximum Gasteiger partial charge on any atom is 0.472 e. The van der Waals surface area contributed by atoms with Gasteiger partial charge in [0.05, 0.1) is 12.7 Å². The van der Waals surface area contributed by atoms with Gasteiger partial charge < -0.3 is 39.9 Å². The predicted octanol–water partition coefficient (Wildman–Crippen LogP) is 7.47. The van der Waals surface area contributed by atoms with Crippen molar-refractivity contribution in [3.8, 4) is 0 Å². The molecule has 11 atom stereocenters. The molecule has 0 aromatic heterocycles. The Labute approximate surface area is 386 Å². The molecule has 0 radical (unpaired) electrons. The Morgan fingerprint density at radius 2 is 1.22 bits per heavy atom. The average Bonchev–Trinajstić information content (AvgIpc) is 3.90. The minimum Gasteiger partial charge on any atom is -0.462 e. The van der Waals surface area contributed by atoms with Crippen LogP contribution in [0.5, 0.6) is 0 Å². The van der Waals surface area contributed by atoms with E-state index in [9.17, 15) is 49.8 Å². The van der Waals surface area contributed by atoms with Gasteiger partial charge in [0.2, 0.25) is 0 Å².